The van der Waals surface area contributed by atoms with Crippen LogP contribution in [0.3, 0.4) is 0 Å². The zero-order valence-electron chi connectivity index (χ0n) is 15.5. The Labute approximate surface area is 170 Å². The van der Waals surface area contributed by atoms with Gasteiger partial charge in [-0.1, -0.05) is 42.0 Å². The quantitative estimate of drug-likeness (QED) is 0.710. The van der Waals surface area contributed by atoms with Crippen LogP contribution in [0, 0.1) is 20.8 Å². The zero-order chi connectivity index (χ0) is 17.6. The molecule has 0 bridgehead atoms. The van der Waals surface area contributed by atoms with Crippen LogP contribution < -0.4 is 21.9 Å². The highest BCUT2D eigenvalue weighted by atomic mass is 79.9. The first-order valence-corrected chi connectivity index (χ1v) is 9.90. The molecule has 0 aliphatic carbocycles. The molecule has 0 amide bonds. The molecular weight excluding hydrogens is 408 g/mol. The van der Waals surface area contributed by atoms with E-state index < -0.39 is 5.72 Å². The summed E-state index contributed by atoms with van der Waals surface area (Å²) in [4.78, 5) is 2.31. The van der Waals surface area contributed by atoms with Crippen LogP contribution in [0.15, 0.2) is 42.5 Å². The fourth-order valence-corrected chi connectivity index (χ4v) is 4.96. The van der Waals surface area contributed by atoms with Crippen molar-refractivity contribution < 1.29 is 26.7 Å². The van der Waals surface area contributed by atoms with E-state index in [2.05, 4.69) is 72.7 Å². The molecule has 2 aromatic rings. The molecule has 4 rings (SSSR count). The molecule has 1 unspecified atom stereocenters. The Morgan fingerprint density at radius 2 is 1.81 bits per heavy atom. The fourth-order valence-electron chi connectivity index (χ4n) is 3.78. The van der Waals surface area contributed by atoms with Crippen molar-refractivity contribution in [2.75, 3.05) is 23.7 Å². The average molecular weight is 433 g/mol. The van der Waals surface area contributed by atoms with Crippen LogP contribution in [-0.4, -0.2) is 33.7 Å². The molecule has 138 valence electrons. The minimum Gasteiger partial charge on any atom is -1.00 e. The molecular formula is C21H25BrN2OS. The van der Waals surface area contributed by atoms with Gasteiger partial charge in [-0.3, -0.25) is 0 Å². The second kappa shape index (κ2) is 7.37. The van der Waals surface area contributed by atoms with Crippen LogP contribution in [0.5, 0.6) is 0 Å². The molecule has 0 saturated heterocycles. The maximum Gasteiger partial charge on any atom is 0.316 e. The molecule has 2 aromatic carbocycles. The Morgan fingerprint density at radius 1 is 1.08 bits per heavy atom. The first-order valence-electron chi connectivity index (χ1n) is 8.91. The van der Waals surface area contributed by atoms with Gasteiger partial charge in [0, 0.05) is 11.3 Å². The molecule has 0 fully saturated rings. The normalized spacial score (nSPS) is 22.2. The van der Waals surface area contributed by atoms with Gasteiger partial charge in [-0.05, 0) is 56.1 Å². The maximum absolute atomic E-state index is 11.7. The number of rotatable bonds is 2. The molecule has 5 heteroatoms. The number of halogens is 1. The van der Waals surface area contributed by atoms with E-state index in [1.54, 1.807) is 0 Å². The molecule has 1 N–H and O–H groups in total. The van der Waals surface area contributed by atoms with Gasteiger partial charge < -0.3 is 22.1 Å². The summed E-state index contributed by atoms with van der Waals surface area (Å²) in [5, 5.41) is 12.9. The molecule has 3 nitrogen and oxygen atoms in total. The first-order chi connectivity index (χ1) is 12.0. The summed E-state index contributed by atoms with van der Waals surface area (Å²) in [6.07, 6.45) is 1.10. The number of nitrogens with zero attached hydrogens (tertiary/aromatic N) is 2. The highest BCUT2D eigenvalue weighted by Gasteiger charge is 2.53. The van der Waals surface area contributed by atoms with Gasteiger partial charge in [0.1, 0.15) is 5.69 Å². The molecule has 2 heterocycles. The number of aryl methyl sites for hydroxylation is 2. The molecule has 0 saturated carbocycles. The van der Waals surface area contributed by atoms with E-state index in [0.29, 0.717) is 6.54 Å². The minimum atomic E-state index is -0.966. The Kier molecular flexibility index (Phi) is 5.52. The fraction of sp³-hybridized carbons (Fsp3) is 0.381. The van der Waals surface area contributed by atoms with E-state index in [1.165, 1.54) is 27.5 Å². The molecule has 0 spiro atoms. The summed E-state index contributed by atoms with van der Waals surface area (Å²) in [6, 6.07) is 14.7. The number of amidine groups is 1. The van der Waals surface area contributed by atoms with Crippen molar-refractivity contribution in [1.29, 1.82) is 0 Å². The number of β-amino-alcohol motifs (C(OH)–C–C–N with tert-alkyl or cyclic N) is 1. The predicted molar refractivity (Wildman–Crippen MR) is 106 cm³/mol. The Hall–Kier alpha value is -1.30. The predicted octanol–water partition coefficient (Wildman–Crippen LogP) is 0.787. The number of anilines is 1. The van der Waals surface area contributed by atoms with Gasteiger partial charge in [-0.25, -0.2) is 9.48 Å². The number of aliphatic hydroxyl groups is 1. The third-order valence-corrected chi connectivity index (χ3v) is 6.62. The van der Waals surface area contributed by atoms with Crippen LogP contribution in [0.2, 0.25) is 0 Å². The highest BCUT2D eigenvalue weighted by molar-refractivity contribution is 8.13. The van der Waals surface area contributed by atoms with Crippen LogP contribution >= 0.6 is 11.8 Å². The smallest absolute Gasteiger partial charge is 0.316 e. The largest absolute Gasteiger partial charge is 1.00 e. The van der Waals surface area contributed by atoms with Gasteiger partial charge in [0.05, 0.1) is 6.54 Å². The van der Waals surface area contributed by atoms with E-state index in [-0.39, 0.29) is 17.0 Å². The van der Waals surface area contributed by atoms with E-state index in [4.69, 9.17) is 0 Å². The third-order valence-electron chi connectivity index (χ3n) is 5.42. The number of benzene rings is 2. The average Bonchev–Trinajstić information content (AvgIpc) is 2.92. The van der Waals surface area contributed by atoms with Gasteiger partial charge in [0.2, 0.25) is 0 Å². The third kappa shape index (κ3) is 3.10. The molecule has 0 radical (unpaired) electrons. The van der Waals surface area contributed by atoms with E-state index in [9.17, 15) is 5.11 Å². The lowest BCUT2D eigenvalue weighted by Crippen LogP contribution is -3.00. The van der Waals surface area contributed by atoms with Crippen LogP contribution in [0.25, 0.3) is 0 Å². The second-order valence-corrected chi connectivity index (χ2v) is 8.19. The number of thioether (sulfide) groups is 1. The van der Waals surface area contributed by atoms with Gasteiger partial charge in [-0.15, -0.1) is 0 Å². The highest BCUT2D eigenvalue weighted by Crippen LogP contribution is 2.38. The van der Waals surface area contributed by atoms with Crippen LogP contribution in [-0.2, 0) is 5.72 Å². The SMILES string of the molecule is Cc1ccc(C2(O)CN(c3cccc(C)c3C)C3=[N+]2CCCS3)cc1.[Br-]. The van der Waals surface area contributed by atoms with Gasteiger partial charge >= 0.3 is 5.17 Å². The Balaban J connectivity index is 0.00000196. The summed E-state index contributed by atoms with van der Waals surface area (Å²) in [5.74, 6) is 1.11. The summed E-state index contributed by atoms with van der Waals surface area (Å²) in [7, 11) is 0. The van der Waals surface area contributed by atoms with Crippen molar-refractivity contribution in [2.24, 2.45) is 0 Å². The van der Waals surface area contributed by atoms with Crippen LogP contribution in [0.4, 0.5) is 5.69 Å². The lowest BCUT2D eigenvalue weighted by Gasteiger charge is -2.24. The van der Waals surface area contributed by atoms with Gasteiger partial charge in [0.25, 0.3) is 5.72 Å². The lowest BCUT2D eigenvalue weighted by atomic mass is 10.00. The molecule has 0 aromatic heterocycles. The van der Waals surface area contributed by atoms with Crippen LogP contribution in [0.1, 0.15) is 28.7 Å². The molecule has 2 aliphatic heterocycles. The molecule has 2 aliphatic rings. The van der Waals surface area contributed by atoms with Gasteiger partial charge in [-0.2, -0.15) is 0 Å². The van der Waals surface area contributed by atoms with Crippen molar-refractivity contribution in [3.8, 4) is 0 Å². The van der Waals surface area contributed by atoms with E-state index in [1.807, 2.05) is 11.8 Å². The number of hydrogen-bond acceptors (Lipinski definition) is 3. The lowest BCUT2D eigenvalue weighted by molar-refractivity contribution is -0.656. The van der Waals surface area contributed by atoms with E-state index in [0.717, 1.165) is 24.3 Å². The van der Waals surface area contributed by atoms with Crippen molar-refractivity contribution in [3.05, 3.63) is 64.7 Å². The Morgan fingerprint density at radius 3 is 2.54 bits per heavy atom. The topological polar surface area (TPSA) is 26.5 Å². The van der Waals surface area contributed by atoms with Crippen molar-refractivity contribution in [3.63, 3.8) is 0 Å². The summed E-state index contributed by atoms with van der Waals surface area (Å²) < 4.78 is 2.20. The van der Waals surface area contributed by atoms with Gasteiger partial charge in [0.15, 0.2) is 6.54 Å². The summed E-state index contributed by atoms with van der Waals surface area (Å²) in [5.41, 5.74) is 5.01. The first kappa shape index (κ1) is 19.5. The maximum atomic E-state index is 11.7. The molecule has 1 atom stereocenters. The zero-order valence-corrected chi connectivity index (χ0v) is 17.9. The minimum absolute atomic E-state index is 0. The number of hydrogen-bond donors (Lipinski definition) is 1. The monoisotopic (exact) mass is 432 g/mol. The summed E-state index contributed by atoms with van der Waals surface area (Å²) in [6.45, 7) is 7.87. The summed E-state index contributed by atoms with van der Waals surface area (Å²) >= 11 is 1.86. The van der Waals surface area contributed by atoms with Crippen molar-refractivity contribution >= 4 is 22.6 Å². The molecule has 26 heavy (non-hydrogen) atoms. The Bertz CT molecular complexity index is 850. The van der Waals surface area contributed by atoms with Crippen molar-refractivity contribution in [2.45, 2.75) is 32.9 Å². The standard InChI is InChI=1S/C21H25N2OS.BrH/c1-15-8-10-18(11-9-15)21(24)14-22(20-23(21)12-5-13-25-20)19-7-4-6-16(2)17(19)3;/h4,6-11,24H,5,12-14H2,1-3H3;1H/q+1;/p-1. The second-order valence-electron chi connectivity index (χ2n) is 7.12. The van der Waals surface area contributed by atoms with E-state index >= 15 is 0 Å². The van der Waals surface area contributed by atoms with Crippen molar-refractivity contribution in [1.82, 2.24) is 0 Å².